The molecule has 166 valence electrons. The summed E-state index contributed by atoms with van der Waals surface area (Å²) >= 11 is 0. The van der Waals surface area contributed by atoms with Gasteiger partial charge in [0.1, 0.15) is 0 Å². The third-order valence-electron chi connectivity index (χ3n) is 5.00. The van der Waals surface area contributed by atoms with Crippen LogP contribution in [0.4, 0.5) is 0 Å². The topological polar surface area (TPSA) is 65.1 Å². The molecule has 0 saturated carbocycles. The number of nitrogens with zero attached hydrogens (tertiary/aromatic N) is 2. The van der Waals surface area contributed by atoms with Crippen LogP contribution in [0.2, 0.25) is 0 Å². The van der Waals surface area contributed by atoms with E-state index in [1.54, 1.807) is 0 Å². The zero-order valence-corrected chi connectivity index (χ0v) is 19.9. The Balaban J connectivity index is 0.00000198. The first kappa shape index (κ1) is 27.7. The van der Waals surface area contributed by atoms with Gasteiger partial charge in [0.25, 0.3) is 0 Å². The summed E-state index contributed by atoms with van der Waals surface area (Å²) in [6.45, 7) is 13.8. The Morgan fingerprint density at radius 3 is 2.67 bits per heavy atom. The van der Waals surface area contributed by atoms with Crippen LogP contribution >= 0.6 is 0 Å². The van der Waals surface area contributed by atoms with E-state index in [4.69, 9.17) is 5.26 Å². The molecule has 1 aliphatic heterocycles. The minimum atomic E-state index is 0.694. The van der Waals surface area contributed by atoms with Crippen LogP contribution in [0.25, 0.3) is 5.57 Å². The van der Waals surface area contributed by atoms with Gasteiger partial charge >= 0.3 is 0 Å². The summed E-state index contributed by atoms with van der Waals surface area (Å²) in [5, 5.41) is 12.4. The molecule has 30 heavy (non-hydrogen) atoms. The van der Waals surface area contributed by atoms with E-state index >= 15 is 0 Å². The fraction of sp³-hybridized carbons (Fsp3) is 0.500. The van der Waals surface area contributed by atoms with E-state index in [-0.39, 0.29) is 0 Å². The molecule has 1 aromatic rings. The third kappa shape index (κ3) is 10.4. The summed E-state index contributed by atoms with van der Waals surface area (Å²) in [6.07, 6.45) is 12.3. The summed E-state index contributed by atoms with van der Waals surface area (Å²) in [5.74, 6) is 0. The molecule has 1 saturated heterocycles. The van der Waals surface area contributed by atoms with Crippen molar-refractivity contribution in [3.05, 3.63) is 65.4 Å². The predicted molar refractivity (Wildman–Crippen MR) is 132 cm³/mol. The molecular weight excluding hydrogens is 368 g/mol. The van der Waals surface area contributed by atoms with Crippen molar-refractivity contribution in [2.75, 3.05) is 26.7 Å². The van der Waals surface area contributed by atoms with Gasteiger partial charge in [-0.1, -0.05) is 49.8 Å². The summed E-state index contributed by atoms with van der Waals surface area (Å²) in [5.41, 5.74) is 8.80. The maximum atomic E-state index is 9.04. The molecule has 1 fully saturated rings. The van der Waals surface area contributed by atoms with E-state index in [2.05, 4.69) is 60.3 Å². The van der Waals surface area contributed by atoms with Crippen molar-refractivity contribution < 1.29 is 0 Å². The average Bonchev–Trinajstić information content (AvgIpc) is 3.22. The molecule has 4 heteroatoms. The SMILES string of the molecule is C/C=C(\C=C/CN/C=C(\C)CCN1CCC[C@H]1C)c1cccc(C#N)c1.CC.CN. The highest BCUT2D eigenvalue weighted by atomic mass is 15.2. The number of allylic oxidation sites excluding steroid dienone is 3. The van der Waals surface area contributed by atoms with E-state index in [0.717, 1.165) is 30.1 Å². The van der Waals surface area contributed by atoms with Crippen LogP contribution in [-0.2, 0) is 0 Å². The number of nitriles is 1. The Morgan fingerprint density at radius 2 is 2.07 bits per heavy atom. The number of rotatable bonds is 8. The zero-order valence-electron chi connectivity index (χ0n) is 19.9. The van der Waals surface area contributed by atoms with Crippen molar-refractivity contribution in [1.82, 2.24) is 10.2 Å². The van der Waals surface area contributed by atoms with Crippen molar-refractivity contribution >= 4 is 5.57 Å². The third-order valence-corrected chi connectivity index (χ3v) is 5.00. The van der Waals surface area contributed by atoms with Crippen LogP contribution in [0, 0.1) is 11.3 Å². The Hall–Kier alpha value is -2.35. The number of benzene rings is 1. The molecule has 1 aliphatic rings. The second kappa shape index (κ2) is 17.5. The average molecular weight is 411 g/mol. The summed E-state index contributed by atoms with van der Waals surface area (Å²) < 4.78 is 0. The highest BCUT2D eigenvalue weighted by Crippen LogP contribution is 2.18. The first-order valence-corrected chi connectivity index (χ1v) is 11.2. The molecule has 1 heterocycles. The fourth-order valence-corrected chi connectivity index (χ4v) is 3.33. The molecule has 0 aliphatic carbocycles. The van der Waals surface area contributed by atoms with Gasteiger partial charge in [0.2, 0.25) is 0 Å². The quantitative estimate of drug-likeness (QED) is 0.439. The molecule has 4 nitrogen and oxygen atoms in total. The van der Waals surface area contributed by atoms with Gasteiger partial charge in [0.15, 0.2) is 0 Å². The summed E-state index contributed by atoms with van der Waals surface area (Å²) in [7, 11) is 1.50. The Morgan fingerprint density at radius 1 is 1.33 bits per heavy atom. The largest absolute Gasteiger partial charge is 0.387 e. The number of nitrogens with two attached hydrogens (primary N) is 1. The maximum absolute atomic E-state index is 9.04. The lowest BCUT2D eigenvalue weighted by atomic mass is 10.0. The normalized spacial score (nSPS) is 16.9. The Labute approximate surface area is 185 Å². The van der Waals surface area contributed by atoms with Crippen molar-refractivity contribution in [3.63, 3.8) is 0 Å². The van der Waals surface area contributed by atoms with Gasteiger partial charge in [-0.3, -0.25) is 0 Å². The van der Waals surface area contributed by atoms with Crippen LogP contribution in [0.5, 0.6) is 0 Å². The van der Waals surface area contributed by atoms with Gasteiger partial charge in [-0.25, -0.2) is 0 Å². The van der Waals surface area contributed by atoms with Gasteiger partial charge in [0.05, 0.1) is 11.6 Å². The van der Waals surface area contributed by atoms with Crippen molar-refractivity contribution in [2.24, 2.45) is 5.73 Å². The van der Waals surface area contributed by atoms with E-state index in [9.17, 15) is 0 Å². The molecule has 0 bridgehead atoms. The molecule has 3 N–H and O–H groups in total. The molecule has 0 amide bonds. The van der Waals surface area contributed by atoms with Crippen LogP contribution in [-0.4, -0.2) is 37.6 Å². The molecule has 0 unspecified atom stereocenters. The van der Waals surface area contributed by atoms with Gasteiger partial charge < -0.3 is 16.0 Å². The molecule has 0 radical (unpaired) electrons. The van der Waals surface area contributed by atoms with Crippen LogP contribution in [0.15, 0.2) is 54.3 Å². The number of nitrogens with one attached hydrogen (secondary N) is 1. The molecule has 0 spiro atoms. The van der Waals surface area contributed by atoms with Crippen molar-refractivity contribution in [2.45, 2.75) is 59.9 Å². The van der Waals surface area contributed by atoms with Crippen LogP contribution < -0.4 is 11.1 Å². The molecule has 0 aromatic heterocycles. The lowest BCUT2D eigenvalue weighted by molar-refractivity contribution is 0.272. The molecular formula is C26H42N4. The molecule has 1 aromatic carbocycles. The first-order valence-electron chi connectivity index (χ1n) is 11.2. The highest BCUT2D eigenvalue weighted by molar-refractivity contribution is 5.74. The standard InChI is InChI=1S/C23H31N3.C2H6.CH5N/c1-4-22(23-10-5-9-21(16-23)17-24)11-6-13-25-18-19(2)12-15-26-14-7-8-20(26)3;2*1-2/h4-6,9-11,16,18,20,25H,7-8,12-15H2,1-3H3;1-2H3;2H2,1H3/b11-6-,19-18+,22-4+;;/t20-;;/m1../s1. The molecule has 1 atom stereocenters. The van der Waals surface area contributed by atoms with E-state index in [1.807, 2.05) is 45.0 Å². The van der Waals surface area contributed by atoms with E-state index < -0.39 is 0 Å². The van der Waals surface area contributed by atoms with E-state index in [1.165, 1.54) is 38.6 Å². The maximum Gasteiger partial charge on any atom is 0.0991 e. The van der Waals surface area contributed by atoms with Gasteiger partial charge in [-0.05, 0) is 83.1 Å². The lowest BCUT2D eigenvalue weighted by Crippen LogP contribution is -2.28. The van der Waals surface area contributed by atoms with Gasteiger partial charge in [-0.15, -0.1) is 0 Å². The molecule has 2 rings (SSSR count). The second-order valence-corrected chi connectivity index (χ2v) is 7.02. The number of hydrogen-bond acceptors (Lipinski definition) is 4. The van der Waals surface area contributed by atoms with Crippen molar-refractivity contribution in [1.29, 1.82) is 5.26 Å². The zero-order chi connectivity index (χ0) is 22.8. The Bertz CT molecular complexity index is 710. The lowest BCUT2D eigenvalue weighted by Gasteiger charge is -2.20. The van der Waals surface area contributed by atoms with Gasteiger partial charge in [-0.2, -0.15) is 5.26 Å². The minimum Gasteiger partial charge on any atom is -0.387 e. The Kier molecular flexibility index (Phi) is 16.1. The first-order chi connectivity index (χ1) is 14.6. The monoisotopic (exact) mass is 410 g/mol. The minimum absolute atomic E-state index is 0.694. The van der Waals surface area contributed by atoms with Crippen LogP contribution in [0.3, 0.4) is 0 Å². The van der Waals surface area contributed by atoms with Crippen molar-refractivity contribution in [3.8, 4) is 6.07 Å². The fourth-order valence-electron chi connectivity index (χ4n) is 3.33. The number of likely N-dealkylation sites (tertiary alicyclic amines) is 1. The number of hydrogen-bond donors (Lipinski definition) is 2. The predicted octanol–water partition coefficient (Wildman–Crippen LogP) is 5.49. The summed E-state index contributed by atoms with van der Waals surface area (Å²) in [6, 6.07) is 10.7. The second-order valence-electron chi connectivity index (χ2n) is 7.02. The van der Waals surface area contributed by atoms with Crippen LogP contribution in [0.1, 0.15) is 65.0 Å². The van der Waals surface area contributed by atoms with E-state index in [0.29, 0.717) is 5.56 Å². The smallest absolute Gasteiger partial charge is 0.0991 e. The highest BCUT2D eigenvalue weighted by Gasteiger charge is 2.19. The summed E-state index contributed by atoms with van der Waals surface area (Å²) in [4.78, 5) is 2.59. The van der Waals surface area contributed by atoms with Gasteiger partial charge in [0, 0.05) is 19.1 Å².